The number of nitrogens with zero attached hydrogens (tertiary/aromatic N) is 3. The van der Waals surface area contributed by atoms with E-state index < -0.39 is 0 Å². The molecule has 4 rings (SSSR count). The number of ether oxygens (including phenoxy) is 2. The van der Waals surface area contributed by atoms with Gasteiger partial charge in [0.1, 0.15) is 11.5 Å². The van der Waals surface area contributed by atoms with E-state index >= 15 is 0 Å². The molecule has 3 aromatic carbocycles. The predicted octanol–water partition coefficient (Wildman–Crippen LogP) is 5.64. The number of rotatable bonds is 8. The maximum atomic E-state index is 12.8. The lowest BCUT2D eigenvalue weighted by molar-refractivity contribution is -0.113. The molecule has 0 atom stereocenters. The molecule has 0 aliphatic heterocycles. The zero-order chi connectivity index (χ0) is 24.1. The standard InChI is InChI=1S/C25H23ClN4O3S/c1-16-4-6-17(7-5-16)24-28-29-25(30(24)19-10-8-18(26)9-11-19)34-15-23(31)27-21-14-20(32-2)12-13-22(21)33-3/h4-14H,15H2,1-3H3,(H,27,31). The summed E-state index contributed by atoms with van der Waals surface area (Å²) in [5.41, 5.74) is 3.46. The number of anilines is 1. The van der Waals surface area contributed by atoms with Crippen LogP contribution < -0.4 is 14.8 Å². The molecule has 0 unspecified atom stereocenters. The molecule has 0 aliphatic rings. The molecule has 4 aromatic rings. The maximum absolute atomic E-state index is 12.8. The van der Waals surface area contributed by atoms with Crippen molar-refractivity contribution < 1.29 is 14.3 Å². The molecule has 0 spiro atoms. The van der Waals surface area contributed by atoms with Crippen LogP contribution in [0.2, 0.25) is 5.02 Å². The lowest BCUT2D eigenvalue weighted by Crippen LogP contribution is -2.15. The minimum Gasteiger partial charge on any atom is -0.497 e. The second-order valence-electron chi connectivity index (χ2n) is 7.39. The van der Waals surface area contributed by atoms with E-state index in [4.69, 9.17) is 21.1 Å². The monoisotopic (exact) mass is 494 g/mol. The molecule has 0 aliphatic carbocycles. The SMILES string of the molecule is COc1ccc(OC)c(NC(=O)CSc2nnc(-c3ccc(C)cc3)n2-c2ccc(Cl)cc2)c1. The summed E-state index contributed by atoms with van der Waals surface area (Å²) in [4.78, 5) is 12.8. The lowest BCUT2D eigenvalue weighted by Gasteiger charge is -2.12. The van der Waals surface area contributed by atoms with Crippen LogP contribution in [0, 0.1) is 6.92 Å². The van der Waals surface area contributed by atoms with Crippen molar-refractivity contribution in [2.45, 2.75) is 12.1 Å². The number of hydrogen-bond donors (Lipinski definition) is 1. The molecule has 0 radical (unpaired) electrons. The number of thioether (sulfide) groups is 1. The largest absolute Gasteiger partial charge is 0.497 e. The fourth-order valence-corrected chi connectivity index (χ4v) is 4.18. The van der Waals surface area contributed by atoms with E-state index in [1.54, 1.807) is 32.4 Å². The minimum absolute atomic E-state index is 0.125. The number of methoxy groups -OCH3 is 2. The average Bonchev–Trinajstić information content (AvgIpc) is 3.27. The summed E-state index contributed by atoms with van der Waals surface area (Å²) in [5.74, 6) is 1.76. The van der Waals surface area contributed by atoms with Crippen LogP contribution >= 0.6 is 23.4 Å². The predicted molar refractivity (Wildman–Crippen MR) is 135 cm³/mol. The first-order chi connectivity index (χ1) is 16.5. The molecule has 34 heavy (non-hydrogen) atoms. The number of carbonyl (C=O) groups is 1. The Morgan fingerprint density at radius 1 is 1.00 bits per heavy atom. The van der Waals surface area contributed by atoms with Gasteiger partial charge in [-0.2, -0.15) is 0 Å². The van der Waals surface area contributed by atoms with Gasteiger partial charge in [0.05, 0.1) is 25.7 Å². The van der Waals surface area contributed by atoms with Gasteiger partial charge in [0.25, 0.3) is 0 Å². The van der Waals surface area contributed by atoms with Gasteiger partial charge in [-0.15, -0.1) is 10.2 Å². The summed E-state index contributed by atoms with van der Waals surface area (Å²) >= 11 is 7.38. The van der Waals surface area contributed by atoms with Gasteiger partial charge in [0.15, 0.2) is 11.0 Å². The number of benzene rings is 3. The Bertz CT molecular complexity index is 1290. The quantitative estimate of drug-likeness (QED) is 0.319. The topological polar surface area (TPSA) is 78.3 Å². The zero-order valence-corrected chi connectivity index (χ0v) is 20.5. The zero-order valence-electron chi connectivity index (χ0n) is 18.9. The molecule has 0 bridgehead atoms. The molecule has 1 N–H and O–H groups in total. The van der Waals surface area contributed by atoms with Crippen molar-refractivity contribution >= 4 is 35.0 Å². The highest BCUT2D eigenvalue weighted by Gasteiger charge is 2.18. The third kappa shape index (κ3) is 5.35. The van der Waals surface area contributed by atoms with Crippen LogP contribution in [0.25, 0.3) is 17.1 Å². The summed E-state index contributed by atoms with van der Waals surface area (Å²) in [6.45, 7) is 2.03. The number of aromatic nitrogens is 3. The first-order valence-electron chi connectivity index (χ1n) is 10.4. The first-order valence-corrected chi connectivity index (χ1v) is 11.8. The fourth-order valence-electron chi connectivity index (χ4n) is 3.30. The molecule has 0 saturated heterocycles. The lowest BCUT2D eigenvalue weighted by atomic mass is 10.1. The molecule has 7 nitrogen and oxygen atoms in total. The molecule has 1 aromatic heterocycles. The van der Waals surface area contributed by atoms with Gasteiger partial charge in [0.2, 0.25) is 5.91 Å². The van der Waals surface area contributed by atoms with Gasteiger partial charge in [-0.25, -0.2) is 0 Å². The summed E-state index contributed by atoms with van der Waals surface area (Å²) in [6, 6.07) is 20.7. The van der Waals surface area contributed by atoms with Gasteiger partial charge in [-0.1, -0.05) is 53.2 Å². The molecule has 1 amide bonds. The molecule has 1 heterocycles. The van der Waals surface area contributed by atoms with Gasteiger partial charge in [-0.3, -0.25) is 9.36 Å². The number of aryl methyl sites for hydroxylation is 1. The van der Waals surface area contributed by atoms with Crippen molar-refractivity contribution in [3.63, 3.8) is 0 Å². The minimum atomic E-state index is -0.209. The molecular formula is C25H23ClN4O3S. The fraction of sp³-hybridized carbons (Fsp3) is 0.160. The van der Waals surface area contributed by atoms with Crippen molar-refractivity contribution in [1.82, 2.24) is 14.8 Å². The number of carbonyl (C=O) groups excluding carboxylic acids is 1. The summed E-state index contributed by atoms with van der Waals surface area (Å²) in [5, 5.41) is 12.9. The van der Waals surface area contributed by atoms with Crippen molar-refractivity contribution in [3.05, 3.63) is 77.3 Å². The van der Waals surface area contributed by atoms with Crippen LogP contribution in [0.3, 0.4) is 0 Å². The van der Waals surface area contributed by atoms with Crippen LogP contribution in [-0.2, 0) is 4.79 Å². The van der Waals surface area contributed by atoms with Gasteiger partial charge < -0.3 is 14.8 Å². The number of nitrogens with one attached hydrogen (secondary N) is 1. The van der Waals surface area contributed by atoms with E-state index in [1.807, 2.05) is 60.0 Å². The summed E-state index contributed by atoms with van der Waals surface area (Å²) < 4.78 is 12.5. The molecule has 0 saturated carbocycles. The van der Waals surface area contributed by atoms with Crippen molar-refractivity contribution in [3.8, 4) is 28.6 Å². The van der Waals surface area contributed by atoms with Gasteiger partial charge in [0, 0.05) is 22.3 Å². The molecule has 0 fully saturated rings. The van der Waals surface area contributed by atoms with E-state index in [0.29, 0.717) is 33.2 Å². The van der Waals surface area contributed by atoms with Crippen molar-refractivity contribution in [2.75, 3.05) is 25.3 Å². The highest BCUT2D eigenvalue weighted by molar-refractivity contribution is 7.99. The van der Waals surface area contributed by atoms with E-state index in [1.165, 1.54) is 11.8 Å². The number of hydrogen-bond acceptors (Lipinski definition) is 6. The second kappa shape index (κ2) is 10.6. The van der Waals surface area contributed by atoms with Crippen LogP contribution in [0.5, 0.6) is 11.5 Å². The Balaban J connectivity index is 1.59. The maximum Gasteiger partial charge on any atom is 0.234 e. The van der Waals surface area contributed by atoms with E-state index in [0.717, 1.165) is 16.8 Å². The van der Waals surface area contributed by atoms with E-state index in [2.05, 4.69) is 15.5 Å². The summed E-state index contributed by atoms with van der Waals surface area (Å²) in [6.07, 6.45) is 0. The molecular weight excluding hydrogens is 472 g/mol. The molecule has 174 valence electrons. The average molecular weight is 495 g/mol. The highest BCUT2D eigenvalue weighted by atomic mass is 35.5. The Labute approximate surface area is 207 Å². The highest BCUT2D eigenvalue weighted by Crippen LogP contribution is 2.31. The van der Waals surface area contributed by atoms with Crippen molar-refractivity contribution in [1.29, 1.82) is 0 Å². The van der Waals surface area contributed by atoms with Gasteiger partial charge >= 0.3 is 0 Å². The van der Waals surface area contributed by atoms with Crippen LogP contribution in [0.15, 0.2) is 71.9 Å². The summed E-state index contributed by atoms with van der Waals surface area (Å²) in [7, 11) is 3.12. The smallest absolute Gasteiger partial charge is 0.234 e. The Morgan fingerprint density at radius 2 is 1.74 bits per heavy atom. The number of amides is 1. The van der Waals surface area contributed by atoms with Crippen molar-refractivity contribution in [2.24, 2.45) is 0 Å². The first kappa shape index (κ1) is 23.7. The Hall–Kier alpha value is -3.49. The third-order valence-electron chi connectivity index (χ3n) is 5.04. The normalized spacial score (nSPS) is 10.7. The van der Waals surface area contributed by atoms with E-state index in [-0.39, 0.29) is 11.7 Å². The second-order valence-corrected chi connectivity index (χ2v) is 8.77. The van der Waals surface area contributed by atoms with Crippen LogP contribution in [0.1, 0.15) is 5.56 Å². The molecule has 9 heteroatoms. The van der Waals surface area contributed by atoms with Gasteiger partial charge in [-0.05, 0) is 43.3 Å². The van der Waals surface area contributed by atoms with Crippen LogP contribution in [0.4, 0.5) is 5.69 Å². The van der Waals surface area contributed by atoms with Crippen LogP contribution in [-0.4, -0.2) is 40.6 Å². The van der Waals surface area contributed by atoms with E-state index in [9.17, 15) is 4.79 Å². The Kier molecular flexibility index (Phi) is 7.40. The number of halogens is 1. The third-order valence-corrected chi connectivity index (χ3v) is 6.22. The Morgan fingerprint density at radius 3 is 2.41 bits per heavy atom.